The van der Waals surface area contributed by atoms with Crippen LogP contribution in [0.3, 0.4) is 0 Å². The van der Waals surface area contributed by atoms with Crippen molar-refractivity contribution >= 4 is 34.8 Å². The molecule has 2 amide bonds. The molecule has 0 bridgehead atoms. The SMILES string of the molecule is COC(=O)c1ccc2[nH]c3c(c2c1)CN(C(=O)C(C)NC(=O)/C=C/c1ccccc1)CC3. The van der Waals surface area contributed by atoms with E-state index < -0.39 is 12.0 Å². The van der Waals surface area contributed by atoms with Crippen LogP contribution in [0.5, 0.6) is 0 Å². The number of carbonyl (C=O) groups excluding carboxylic acids is 3. The summed E-state index contributed by atoms with van der Waals surface area (Å²) in [6.07, 6.45) is 3.82. The Bertz CT molecular complexity index is 1200. The number of esters is 1. The standard InChI is InChI=1S/C25H25N3O4/c1-16(26-23(29)11-8-17-6-4-3-5-7-17)24(30)28-13-12-22-20(15-28)19-14-18(25(31)32-2)9-10-21(19)27-22/h3-11,14,16,27H,12-13,15H2,1-2H3,(H,26,29)/b11-8+. The molecule has 32 heavy (non-hydrogen) atoms. The molecule has 0 fully saturated rings. The molecule has 0 aliphatic carbocycles. The second-order valence-electron chi connectivity index (χ2n) is 7.82. The normalized spacial score (nSPS) is 14.2. The van der Waals surface area contributed by atoms with Crippen molar-refractivity contribution in [2.75, 3.05) is 13.7 Å². The van der Waals surface area contributed by atoms with E-state index in [2.05, 4.69) is 10.3 Å². The molecule has 0 saturated heterocycles. The Morgan fingerprint density at radius 3 is 2.69 bits per heavy atom. The van der Waals surface area contributed by atoms with E-state index in [1.54, 1.807) is 30.0 Å². The lowest BCUT2D eigenvalue weighted by Crippen LogP contribution is -2.48. The van der Waals surface area contributed by atoms with E-state index in [4.69, 9.17) is 4.74 Å². The molecule has 7 heteroatoms. The number of hydrogen-bond donors (Lipinski definition) is 2. The minimum Gasteiger partial charge on any atom is -0.465 e. The third kappa shape index (κ3) is 4.42. The molecule has 164 valence electrons. The van der Waals surface area contributed by atoms with Crippen LogP contribution in [0.4, 0.5) is 0 Å². The number of aromatic amines is 1. The van der Waals surface area contributed by atoms with Gasteiger partial charge >= 0.3 is 5.97 Å². The van der Waals surface area contributed by atoms with Gasteiger partial charge in [-0.05, 0) is 36.8 Å². The Kier molecular flexibility index (Phi) is 6.07. The lowest BCUT2D eigenvalue weighted by atomic mass is 10.0. The maximum absolute atomic E-state index is 13.0. The van der Waals surface area contributed by atoms with Crippen LogP contribution in [0, 0.1) is 0 Å². The summed E-state index contributed by atoms with van der Waals surface area (Å²) in [5, 5.41) is 3.65. The molecule has 0 spiro atoms. The highest BCUT2D eigenvalue weighted by Gasteiger charge is 2.27. The molecule has 1 unspecified atom stereocenters. The topological polar surface area (TPSA) is 91.5 Å². The van der Waals surface area contributed by atoms with Crippen molar-refractivity contribution in [1.82, 2.24) is 15.2 Å². The molecular weight excluding hydrogens is 406 g/mol. The molecule has 7 nitrogen and oxygen atoms in total. The monoisotopic (exact) mass is 431 g/mol. The largest absolute Gasteiger partial charge is 0.465 e. The van der Waals surface area contributed by atoms with Crippen molar-refractivity contribution in [1.29, 1.82) is 0 Å². The zero-order chi connectivity index (χ0) is 22.7. The van der Waals surface area contributed by atoms with Gasteiger partial charge in [0.2, 0.25) is 11.8 Å². The summed E-state index contributed by atoms with van der Waals surface area (Å²) in [5.41, 5.74) is 4.36. The molecule has 2 heterocycles. The zero-order valence-corrected chi connectivity index (χ0v) is 18.1. The number of benzene rings is 2. The Labute approximate surface area is 186 Å². The van der Waals surface area contributed by atoms with E-state index in [1.165, 1.54) is 13.2 Å². The molecule has 0 radical (unpaired) electrons. The molecule has 4 rings (SSSR count). The summed E-state index contributed by atoms with van der Waals surface area (Å²) in [7, 11) is 1.35. The van der Waals surface area contributed by atoms with Crippen LogP contribution in [0.15, 0.2) is 54.6 Å². The summed E-state index contributed by atoms with van der Waals surface area (Å²) in [6, 6.07) is 14.2. The average molecular weight is 431 g/mol. The quantitative estimate of drug-likeness (QED) is 0.480. The molecule has 2 N–H and O–H groups in total. The van der Waals surface area contributed by atoms with Gasteiger partial charge in [-0.25, -0.2) is 4.79 Å². The van der Waals surface area contributed by atoms with Crippen LogP contribution in [-0.4, -0.2) is 47.4 Å². The second kappa shape index (κ2) is 9.09. The highest BCUT2D eigenvalue weighted by molar-refractivity contribution is 5.97. The zero-order valence-electron chi connectivity index (χ0n) is 18.1. The predicted octanol–water partition coefficient (Wildman–Crippen LogP) is 3.06. The van der Waals surface area contributed by atoms with Gasteiger partial charge in [-0.3, -0.25) is 9.59 Å². The Balaban J connectivity index is 1.45. The van der Waals surface area contributed by atoms with Crippen molar-refractivity contribution in [3.8, 4) is 0 Å². The summed E-state index contributed by atoms with van der Waals surface area (Å²) < 4.78 is 4.82. The van der Waals surface area contributed by atoms with Crippen LogP contribution in [0.2, 0.25) is 0 Å². The van der Waals surface area contributed by atoms with Crippen molar-refractivity contribution in [3.05, 3.63) is 77.0 Å². The molecule has 3 aromatic rings. The molecule has 2 aromatic carbocycles. The molecule has 1 aromatic heterocycles. The fourth-order valence-corrected chi connectivity index (χ4v) is 3.98. The number of H-pyrrole nitrogens is 1. The third-order valence-corrected chi connectivity index (χ3v) is 5.66. The first-order valence-corrected chi connectivity index (χ1v) is 10.5. The first-order chi connectivity index (χ1) is 15.5. The number of amides is 2. The molecule has 1 atom stereocenters. The Morgan fingerprint density at radius 1 is 1.16 bits per heavy atom. The second-order valence-corrected chi connectivity index (χ2v) is 7.82. The van der Waals surface area contributed by atoms with Gasteiger partial charge in [0.1, 0.15) is 6.04 Å². The van der Waals surface area contributed by atoms with Crippen molar-refractivity contribution in [2.24, 2.45) is 0 Å². The summed E-state index contributed by atoms with van der Waals surface area (Å²) in [6.45, 7) is 2.66. The van der Waals surface area contributed by atoms with Crippen LogP contribution in [0.1, 0.15) is 34.1 Å². The fourth-order valence-electron chi connectivity index (χ4n) is 3.98. The van der Waals surface area contributed by atoms with Crippen LogP contribution < -0.4 is 5.32 Å². The smallest absolute Gasteiger partial charge is 0.337 e. The minimum atomic E-state index is -0.652. The maximum Gasteiger partial charge on any atom is 0.337 e. The Morgan fingerprint density at radius 2 is 1.94 bits per heavy atom. The number of rotatable bonds is 5. The van der Waals surface area contributed by atoms with Gasteiger partial charge in [-0.15, -0.1) is 0 Å². The average Bonchev–Trinajstić information content (AvgIpc) is 3.19. The van der Waals surface area contributed by atoms with E-state index in [9.17, 15) is 14.4 Å². The van der Waals surface area contributed by atoms with E-state index >= 15 is 0 Å². The third-order valence-electron chi connectivity index (χ3n) is 5.66. The van der Waals surface area contributed by atoms with Crippen LogP contribution in [-0.2, 0) is 27.3 Å². The molecular formula is C25H25N3O4. The number of aromatic nitrogens is 1. The highest BCUT2D eigenvalue weighted by Crippen LogP contribution is 2.29. The van der Waals surface area contributed by atoms with Crippen molar-refractivity contribution < 1.29 is 19.1 Å². The highest BCUT2D eigenvalue weighted by atomic mass is 16.5. The van der Waals surface area contributed by atoms with Crippen molar-refractivity contribution in [2.45, 2.75) is 25.9 Å². The van der Waals surface area contributed by atoms with Gasteiger partial charge in [0, 0.05) is 47.7 Å². The molecule has 0 saturated carbocycles. The maximum atomic E-state index is 13.0. The molecule has 1 aliphatic heterocycles. The Hall–Kier alpha value is -3.87. The first-order valence-electron chi connectivity index (χ1n) is 10.5. The predicted molar refractivity (Wildman–Crippen MR) is 122 cm³/mol. The van der Waals surface area contributed by atoms with Gasteiger partial charge in [-0.1, -0.05) is 30.3 Å². The lowest BCUT2D eigenvalue weighted by molar-refractivity contribution is -0.135. The van der Waals surface area contributed by atoms with Crippen LogP contribution >= 0.6 is 0 Å². The summed E-state index contributed by atoms with van der Waals surface area (Å²) in [5.74, 6) is -0.858. The number of hydrogen-bond acceptors (Lipinski definition) is 4. The number of methoxy groups -OCH3 is 1. The lowest BCUT2D eigenvalue weighted by Gasteiger charge is -2.29. The van der Waals surface area contributed by atoms with Crippen LogP contribution in [0.25, 0.3) is 17.0 Å². The van der Waals surface area contributed by atoms with Gasteiger partial charge in [0.25, 0.3) is 0 Å². The van der Waals surface area contributed by atoms with E-state index in [0.29, 0.717) is 25.1 Å². The van der Waals surface area contributed by atoms with E-state index in [0.717, 1.165) is 27.7 Å². The minimum absolute atomic E-state index is 0.143. The van der Waals surface area contributed by atoms with Gasteiger partial charge in [0.15, 0.2) is 0 Å². The summed E-state index contributed by atoms with van der Waals surface area (Å²) >= 11 is 0. The number of ether oxygens (including phenoxy) is 1. The van der Waals surface area contributed by atoms with Gasteiger partial charge in [0.05, 0.1) is 12.7 Å². The number of fused-ring (bicyclic) bond motifs is 3. The molecule has 1 aliphatic rings. The fraction of sp³-hybridized carbons (Fsp3) is 0.240. The van der Waals surface area contributed by atoms with Crippen molar-refractivity contribution in [3.63, 3.8) is 0 Å². The van der Waals surface area contributed by atoms with E-state index in [-0.39, 0.29) is 11.8 Å². The van der Waals surface area contributed by atoms with Gasteiger partial charge < -0.3 is 19.9 Å². The number of nitrogens with one attached hydrogen (secondary N) is 2. The first kappa shape index (κ1) is 21.4. The summed E-state index contributed by atoms with van der Waals surface area (Å²) in [4.78, 5) is 42.3. The number of carbonyl (C=O) groups is 3. The van der Waals surface area contributed by atoms with E-state index in [1.807, 2.05) is 36.4 Å². The number of nitrogens with zero attached hydrogens (tertiary/aromatic N) is 1. The van der Waals surface area contributed by atoms with Gasteiger partial charge in [-0.2, -0.15) is 0 Å².